The Morgan fingerprint density at radius 3 is 2.62 bits per heavy atom. The zero-order valence-corrected chi connectivity index (χ0v) is 14.4. The monoisotopic (exact) mass is 359 g/mol. The van der Waals surface area contributed by atoms with E-state index in [1.165, 1.54) is 12.1 Å². The number of anilines is 1. The van der Waals surface area contributed by atoms with Gasteiger partial charge in [0, 0.05) is 30.9 Å². The van der Waals surface area contributed by atoms with Crippen LogP contribution >= 0.6 is 0 Å². The molecule has 2 N–H and O–H groups in total. The first-order valence-corrected chi connectivity index (χ1v) is 8.04. The average molecular weight is 359 g/mol. The topological polar surface area (TPSA) is 103 Å². The van der Waals surface area contributed by atoms with Crippen LogP contribution in [0.4, 0.5) is 11.4 Å². The summed E-state index contributed by atoms with van der Waals surface area (Å²) in [4.78, 5) is 21.9. The van der Waals surface area contributed by atoms with E-state index in [0.29, 0.717) is 19.7 Å². The SMILES string of the molecule is COc1cccc(COCC(=O)NCCNc2ccc([N+](=O)[O-])cc2)c1. The van der Waals surface area contributed by atoms with E-state index in [-0.39, 0.29) is 18.2 Å². The molecule has 0 heterocycles. The summed E-state index contributed by atoms with van der Waals surface area (Å²) < 4.78 is 10.5. The van der Waals surface area contributed by atoms with Gasteiger partial charge in [-0.2, -0.15) is 0 Å². The van der Waals surface area contributed by atoms with E-state index >= 15 is 0 Å². The Balaban J connectivity index is 1.60. The summed E-state index contributed by atoms with van der Waals surface area (Å²) in [5, 5.41) is 16.4. The van der Waals surface area contributed by atoms with Crippen LogP contribution in [0.1, 0.15) is 5.56 Å². The third kappa shape index (κ3) is 6.40. The molecule has 0 aliphatic heterocycles. The van der Waals surface area contributed by atoms with Gasteiger partial charge in [-0.05, 0) is 29.8 Å². The second kappa shape index (κ2) is 10.00. The molecule has 0 saturated heterocycles. The molecular formula is C18H21N3O5. The first kappa shape index (κ1) is 19.2. The van der Waals surface area contributed by atoms with Gasteiger partial charge in [-0.25, -0.2) is 0 Å². The molecule has 0 fully saturated rings. The molecule has 2 aromatic rings. The van der Waals surface area contributed by atoms with Crippen molar-refractivity contribution in [3.05, 3.63) is 64.2 Å². The maximum Gasteiger partial charge on any atom is 0.269 e. The highest BCUT2D eigenvalue weighted by Crippen LogP contribution is 2.15. The molecule has 138 valence electrons. The maximum atomic E-state index is 11.7. The molecule has 0 spiro atoms. The van der Waals surface area contributed by atoms with Crippen molar-refractivity contribution in [1.82, 2.24) is 5.32 Å². The minimum atomic E-state index is -0.449. The number of benzene rings is 2. The highest BCUT2D eigenvalue weighted by atomic mass is 16.6. The van der Waals surface area contributed by atoms with Crippen LogP contribution in [0.15, 0.2) is 48.5 Å². The second-order valence-electron chi connectivity index (χ2n) is 5.43. The molecule has 0 aliphatic rings. The van der Waals surface area contributed by atoms with Crippen LogP contribution in [-0.2, 0) is 16.1 Å². The summed E-state index contributed by atoms with van der Waals surface area (Å²) in [5.41, 5.74) is 1.72. The quantitative estimate of drug-likeness (QED) is 0.383. The first-order chi connectivity index (χ1) is 12.6. The third-order valence-corrected chi connectivity index (χ3v) is 3.49. The normalized spacial score (nSPS) is 10.2. The van der Waals surface area contributed by atoms with Crippen molar-refractivity contribution in [2.24, 2.45) is 0 Å². The van der Waals surface area contributed by atoms with E-state index < -0.39 is 4.92 Å². The lowest BCUT2D eigenvalue weighted by molar-refractivity contribution is -0.384. The van der Waals surface area contributed by atoms with Crippen LogP contribution < -0.4 is 15.4 Å². The number of amides is 1. The average Bonchev–Trinajstić information content (AvgIpc) is 2.66. The van der Waals surface area contributed by atoms with Crippen molar-refractivity contribution < 1.29 is 19.2 Å². The Morgan fingerprint density at radius 1 is 1.15 bits per heavy atom. The zero-order valence-electron chi connectivity index (χ0n) is 14.4. The number of hydrogen-bond acceptors (Lipinski definition) is 6. The van der Waals surface area contributed by atoms with E-state index in [2.05, 4.69) is 10.6 Å². The molecule has 0 aromatic heterocycles. The second-order valence-corrected chi connectivity index (χ2v) is 5.43. The van der Waals surface area contributed by atoms with Crippen molar-refractivity contribution in [2.75, 3.05) is 32.1 Å². The van der Waals surface area contributed by atoms with Crippen LogP contribution in [-0.4, -0.2) is 37.6 Å². The third-order valence-electron chi connectivity index (χ3n) is 3.49. The molecule has 26 heavy (non-hydrogen) atoms. The smallest absolute Gasteiger partial charge is 0.269 e. The summed E-state index contributed by atoms with van der Waals surface area (Å²) in [5.74, 6) is 0.534. The fraction of sp³-hybridized carbons (Fsp3) is 0.278. The fourth-order valence-electron chi connectivity index (χ4n) is 2.18. The van der Waals surface area contributed by atoms with Gasteiger partial charge < -0.3 is 20.1 Å². The molecule has 0 radical (unpaired) electrons. The Morgan fingerprint density at radius 2 is 1.92 bits per heavy atom. The predicted octanol–water partition coefficient (Wildman–Crippen LogP) is 2.35. The highest BCUT2D eigenvalue weighted by molar-refractivity contribution is 5.77. The van der Waals surface area contributed by atoms with Crippen LogP contribution in [0.25, 0.3) is 0 Å². The van der Waals surface area contributed by atoms with Gasteiger partial charge in [0.25, 0.3) is 5.69 Å². The van der Waals surface area contributed by atoms with Gasteiger partial charge >= 0.3 is 0 Å². The summed E-state index contributed by atoms with van der Waals surface area (Å²) in [6, 6.07) is 13.5. The minimum Gasteiger partial charge on any atom is -0.497 e. The van der Waals surface area contributed by atoms with Crippen molar-refractivity contribution in [1.29, 1.82) is 0 Å². The number of nitrogens with zero attached hydrogens (tertiary/aromatic N) is 1. The number of nitro groups is 1. The van der Waals surface area contributed by atoms with Gasteiger partial charge in [-0.1, -0.05) is 12.1 Å². The summed E-state index contributed by atoms with van der Waals surface area (Å²) in [6.07, 6.45) is 0. The van der Waals surface area contributed by atoms with Crippen LogP contribution in [0.3, 0.4) is 0 Å². The number of hydrogen-bond donors (Lipinski definition) is 2. The molecule has 2 rings (SSSR count). The predicted molar refractivity (Wildman–Crippen MR) is 97.2 cm³/mol. The van der Waals surface area contributed by atoms with Gasteiger partial charge in [0.15, 0.2) is 0 Å². The van der Waals surface area contributed by atoms with E-state index in [1.54, 1.807) is 19.2 Å². The lowest BCUT2D eigenvalue weighted by Crippen LogP contribution is -2.31. The number of nitrogens with one attached hydrogen (secondary N) is 2. The van der Waals surface area contributed by atoms with Crippen LogP contribution in [0, 0.1) is 10.1 Å². The van der Waals surface area contributed by atoms with Gasteiger partial charge in [0.2, 0.25) is 5.91 Å². The summed E-state index contributed by atoms with van der Waals surface area (Å²) in [7, 11) is 1.60. The van der Waals surface area contributed by atoms with Crippen molar-refractivity contribution >= 4 is 17.3 Å². The summed E-state index contributed by atoms with van der Waals surface area (Å²) in [6.45, 7) is 1.21. The van der Waals surface area contributed by atoms with Crippen LogP contribution in [0.5, 0.6) is 5.75 Å². The molecular weight excluding hydrogens is 338 g/mol. The standard InChI is InChI=1S/C18H21N3O5/c1-25-17-4-2-3-14(11-17)12-26-13-18(22)20-10-9-19-15-5-7-16(8-6-15)21(23)24/h2-8,11,19H,9-10,12-13H2,1H3,(H,20,22). The Labute approximate surface area is 151 Å². The molecule has 2 aromatic carbocycles. The van der Waals surface area contributed by atoms with Crippen molar-refractivity contribution in [3.63, 3.8) is 0 Å². The Kier molecular flexibility index (Phi) is 7.38. The molecule has 0 saturated carbocycles. The fourth-order valence-corrected chi connectivity index (χ4v) is 2.18. The molecule has 8 heteroatoms. The first-order valence-electron chi connectivity index (χ1n) is 8.04. The molecule has 1 amide bonds. The Bertz CT molecular complexity index is 734. The van der Waals surface area contributed by atoms with Gasteiger partial charge in [0.05, 0.1) is 18.6 Å². The van der Waals surface area contributed by atoms with E-state index in [9.17, 15) is 14.9 Å². The zero-order chi connectivity index (χ0) is 18.8. The number of methoxy groups -OCH3 is 1. The number of carbonyl (C=O) groups is 1. The summed E-state index contributed by atoms with van der Waals surface area (Å²) >= 11 is 0. The van der Waals surface area contributed by atoms with Crippen molar-refractivity contribution in [2.45, 2.75) is 6.61 Å². The number of non-ortho nitro benzene ring substituents is 1. The molecule has 0 aliphatic carbocycles. The van der Waals surface area contributed by atoms with E-state index in [0.717, 1.165) is 17.0 Å². The number of nitro benzene ring substituents is 1. The lowest BCUT2D eigenvalue weighted by atomic mass is 10.2. The maximum absolute atomic E-state index is 11.7. The molecule has 0 atom stereocenters. The minimum absolute atomic E-state index is 0.0330. The van der Waals surface area contributed by atoms with Gasteiger partial charge in [0.1, 0.15) is 12.4 Å². The van der Waals surface area contributed by atoms with E-state index in [1.807, 2.05) is 24.3 Å². The number of ether oxygens (including phenoxy) is 2. The van der Waals surface area contributed by atoms with Crippen LogP contribution in [0.2, 0.25) is 0 Å². The Hall–Kier alpha value is -3.13. The number of carbonyl (C=O) groups excluding carboxylic acids is 1. The molecule has 0 bridgehead atoms. The van der Waals surface area contributed by atoms with Crippen molar-refractivity contribution in [3.8, 4) is 5.75 Å². The largest absolute Gasteiger partial charge is 0.497 e. The van der Waals surface area contributed by atoms with Gasteiger partial charge in [-0.15, -0.1) is 0 Å². The lowest BCUT2D eigenvalue weighted by Gasteiger charge is -2.09. The molecule has 0 unspecified atom stereocenters. The molecule has 8 nitrogen and oxygen atoms in total. The van der Waals surface area contributed by atoms with E-state index in [4.69, 9.17) is 9.47 Å². The van der Waals surface area contributed by atoms with Gasteiger partial charge in [-0.3, -0.25) is 14.9 Å². The number of rotatable bonds is 10. The highest BCUT2D eigenvalue weighted by Gasteiger charge is 2.04.